The number of pyridine rings is 1. The van der Waals surface area contributed by atoms with Gasteiger partial charge in [-0.25, -0.2) is 0 Å². The Kier molecular flexibility index (Phi) is 12.4. The van der Waals surface area contributed by atoms with Gasteiger partial charge in [0.15, 0.2) is 0 Å². The van der Waals surface area contributed by atoms with Gasteiger partial charge in [0.1, 0.15) is 0 Å². The van der Waals surface area contributed by atoms with E-state index < -0.39 is 0 Å². The highest BCUT2D eigenvalue weighted by molar-refractivity contribution is 5.44. The lowest BCUT2D eigenvalue weighted by Gasteiger charge is -2.23. The summed E-state index contributed by atoms with van der Waals surface area (Å²) in [6.45, 7) is 7.44. The Morgan fingerprint density at radius 2 is 1.61 bits per heavy atom. The van der Waals surface area contributed by atoms with E-state index in [9.17, 15) is 0 Å². The molecule has 2 aromatic heterocycles. The molecule has 0 aliphatic rings. The third-order valence-corrected chi connectivity index (χ3v) is 5.22. The van der Waals surface area contributed by atoms with Gasteiger partial charge in [-0.3, -0.25) is 4.98 Å². The lowest BCUT2D eigenvalue weighted by atomic mass is 10.2. The minimum absolute atomic E-state index is 0.499. The highest BCUT2D eigenvalue weighted by Gasteiger charge is 2.14. The van der Waals surface area contributed by atoms with Crippen molar-refractivity contribution in [3.05, 3.63) is 66.0 Å². The van der Waals surface area contributed by atoms with Gasteiger partial charge in [0.2, 0.25) is 17.8 Å². The lowest BCUT2D eigenvalue weighted by molar-refractivity contribution is 0.0547. The van der Waals surface area contributed by atoms with Crippen LogP contribution in [-0.2, 0) is 22.6 Å². The largest absolute Gasteiger partial charge is 0.378 e. The van der Waals surface area contributed by atoms with Crippen LogP contribution < -0.4 is 21.3 Å². The summed E-state index contributed by atoms with van der Waals surface area (Å²) in [7, 11) is 0. The number of anilines is 3. The molecule has 0 fully saturated rings. The molecule has 0 aliphatic carbocycles. The minimum atomic E-state index is 0.499. The minimum Gasteiger partial charge on any atom is -0.378 e. The summed E-state index contributed by atoms with van der Waals surface area (Å²) in [4.78, 5) is 20.6. The smallest absolute Gasteiger partial charge is 0.232 e. The van der Waals surface area contributed by atoms with Crippen LogP contribution in [0.1, 0.15) is 31.0 Å². The molecule has 1 aromatic carbocycles. The molecule has 0 bridgehead atoms. The Bertz CT molecular complexity index is 978. The number of nitrogens with two attached hydrogens (primary N) is 1. The first-order valence-corrected chi connectivity index (χ1v) is 12.6. The van der Waals surface area contributed by atoms with Gasteiger partial charge in [-0.05, 0) is 24.1 Å². The van der Waals surface area contributed by atoms with Crippen molar-refractivity contribution in [1.82, 2.24) is 19.9 Å². The van der Waals surface area contributed by atoms with Crippen molar-refractivity contribution in [1.29, 1.82) is 0 Å². The molecular formula is C26H38N8O2. The van der Waals surface area contributed by atoms with Crippen LogP contribution >= 0.6 is 0 Å². The predicted molar refractivity (Wildman–Crippen MR) is 143 cm³/mol. The number of nitrogens with one attached hydrogen (secondary N) is 2. The maximum absolute atomic E-state index is 5.61. The number of benzene rings is 1. The zero-order valence-corrected chi connectivity index (χ0v) is 21.1. The SMILES string of the molecule is CCCCN(Cc1ccccc1)c1nc(NCCOCCOCCN)nc(NCc2ccccn2)n1. The molecule has 0 spiro atoms. The van der Waals surface area contributed by atoms with E-state index in [0.717, 1.165) is 31.6 Å². The zero-order chi connectivity index (χ0) is 25.3. The number of unbranched alkanes of at least 4 members (excludes halogenated alkanes) is 1. The van der Waals surface area contributed by atoms with E-state index in [1.54, 1.807) is 6.20 Å². The molecule has 10 nitrogen and oxygen atoms in total. The Labute approximate surface area is 213 Å². The summed E-state index contributed by atoms with van der Waals surface area (Å²) < 4.78 is 10.9. The molecule has 0 amide bonds. The molecular weight excluding hydrogens is 456 g/mol. The normalized spacial score (nSPS) is 10.8. The van der Waals surface area contributed by atoms with Crippen LogP contribution in [0.15, 0.2) is 54.7 Å². The van der Waals surface area contributed by atoms with Crippen LogP contribution in [0.5, 0.6) is 0 Å². The average Bonchev–Trinajstić information content (AvgIpc) is 2.92. The van der Waals surface area contributed by atoms with Crippen LogP contribution in [0.3, 0.4) is 0 Å². The fourth-order valence-corrected chi connectivity index (χ4v) is 3.38. The Morgan fingerprint density at radius 1 is 0.861 bits per heavy atom. The number of rotatable bonds is 18. The van der Waals surface area contributed by atoms with Crippen molar-refractivity contribution in [2.45, 2.75) is 32.9 Å². The van der Waals surface area contributed by atoms with Crippen molar-refractivity contribution >= 4 is 17.8 Å². The molecule has 36 heavy (non-hydrogen) atoms. The van der Waals surface area contributed by atoms with E-state index in [-0.39, 0.29) is 0 Å². The van der Waals surface area contributed by atoms with Crippen LogP contribution in [0.2, 0.25) is 0 Å². The molecule has 0 saturated heterocycles. The van der Waals surface area contributed by atoms with E-state index in [1.165, 1.54) is 5.56 Å². The fraction of sp³-hybridized carbons (Fsp3) is 0.462. The van der Waals surface area contributed by atoms with Gasteiger partial charge in [-0.15, -0.1) is 0 Å². The van der Waals surface area contributed by atoms with Crippen LogP contribution in [0, 0.1) is 0 Å². The molecule has 194 valence electrons. The highest BCUT2D eigenvalue weighted by Crippen LogP contribution is 2.18. The first-order valence-electron chi connectivity index (χ1n) is 12.6. The Hall–Kier alpha value is -3.34. The first-order chi connectivity index (χ1) is 17.8. The van der Waals surface area contributed by atoms with E-state index in [0.29, 0.717) is 63.9 Å². The van der Waals surface area contributed by atoms with Gasteiger partial charge in [-0.2, -0.15) is 15.0 Å². The second-order valence-electron chi connectivity index (χ2n) is 8.16. The van der Waals surface area contributed by atoms with E-state index in [1.807, 2.05) is 24.3 Å². The van der Waals surface area contributed by atoms with Gasteiger partial charge in [0, 0.05) is 32.4 Å². The summed E-state index contributed by atoms with van der Waals surface area (Å²) in [6.07, 6.45) is 3.90. The summed E-state index contributed by atoms with van der Waals surface area (Å²) in [5.74, 6) is 1.63. The third kappa shape index (κ3) is 10.1. The second kappa shape index (κ2) is 16.4. The number of nitrogens with zero attached hydrogens (tertiary/aromatic N) is 5. The second-order valence-corrected chi connectivity index (χ2v) is 8.16. The van der Waals surface area contributed by atoms with Gasteiger partial charge < -0.3 is 30.7 Å². The number of hydrogen-bond donors (Lipinski definition) is 3. The van der Waals surface area contributed by atoms with Gasteiger partial charge in [0.05, 0.1) is 38.7 Å². The predicted octanol–water partition coefficient (Wildman–Crippen LogP) is 3.09. The van der Waals surface area contributed by atoms with Gasteiger partial charge in [-0.1, -0.05) is 49.7 Å². The lowest BCUT2D eigenvalue weighted by Crippen LogP contribution is -2.27. The first kappa shape index (κ1) is 27.3. The van der Waals surface area contributed by atoms with E-state index in [4.69, 9.17) is 25.2 Å². The number of ether oxygens (including phenoxy) is 2. The summed E-state index contributed by atoms with van der Waals surface area (Å²) in [5, 5.41) is 6.57. The van der Waals surface area contributed by atoms with Crippen LogP contribution in [0.25, 0.3) is 0 Å². The van der Waals surface area contributed by atoms with Crippen molar-refractivity contribution in [3.8, 4) is 0 Å². The maximum Gasteiger partial charge on any atom is 0.232 e. The summed E-state index contributed by atoms with van der Waals surface area (Å²) >= 11 is 0. The molecule has 2 heterocycles. The monoisotopic (exact) mass is 494 g/mol. The quantitative estimate of drug-likeness (QED) is 0.227. The summed E-state index contributed by atoms with van der Waals surface area (Å²) in [5.41, 5.74) is 7.53. The molecule has 10 heteroatoms. The van der Waals surface area contributed by atoms with E-state index >= 15 is 0 Å². The van der Waals surface area contributed by atoms with Gasteiger partial charge >= 0.3 is 0 Å². The van der Waals surface area contributed by atoms with Gasteiger partial charge in [0.25, 0.3) is 0 Å². The Balaban J connectivity index is 1.70. The molecule has 0 unspecified atom stereocenters. The van der Waals surface area contributed by atoms with Crippen molar-refractivity contribution in [2.24, 2.45) is 5.73 Å². The molecule has 3 aromatic rings. The van der Waals surface area contributed by atoms with Crippen LogP contribution in [0.4, 0.5) is 17.8 Å². The molecule has 0 radical (unpaired) electrons. The molecule has 4 N–H and O–H groups in total. The summed E-state index contributed by atoms with van der Waals surface area (Å²) in [6, 6.07) is 16.2. The zero-order valence-electron chi connectivity index (χ0n) is 21.1. The molecule has 0 atom stereocenters. The number of aromatic nitrogens is 4. The fourth-order valence-electron chi connectivity index (χ4n) is 3.38. The Morgan fingerprint density at radius 3 is 2.33 bits per heavy atom. The van der Waals surface area contributed by atoms with Crippen molar-refractivity contribution < 1.29 is 9.47 Å². The molecule has 3 rings (SSSR count). The molecule has 0 saturated carbocycles. The highest BCUT2D eigenvalue weighted by atomic mass is 16.5. The van der Waals surface area contributed by atoms with Crippen LogP contribution in [-0.4, -0.2) is 66.0 Å². The number of hydrogen-bond acceptors (Lipinski definition) is 10. The molecule has 0 aliphatic heterocycles. The topological polar surface area (TPSA) is 123 Å². The van der Waals surface area contributed by atoms with E-state index in [2.05, 4.69) is 56.7 Å². The van der Waals surface area contributed by atoms with Crippen molar-refractivity contribution in [3.63, 3.8) is 0 Å². The third-order valence-electron chi connectivity index (χ3n) is 5.22. The van der Waals surface area contributed by atoms with Crippen molar-refractivity contribution in [2.75, 3.05) is 61.6 Å². The standard InChI is InChI=1S/C26H38N8O2/c1-2-3-15-34(21-22-9-5-4-6-10-22)26-32-24(29-14-17-36-19-18-35-16-12-27)31-25(33-26)30-20-23-11-7-8-13-28-23/h4-11,13H,2-3,12,14-21,27H2,1H3,(H2,29,30,31,32,33). The maximum atomic E-state index is 5.61. The average molecular weight is 495 g/mol.